The van der Waals surface area contributed by atoms with Crippen molar-refractivity contribution in [2.75, 3.05) is 27.8 Å². The van der Waals surface area contributed by atoms with E-state index in [1.54, 1.807) is 14.2 Å². The number of hydrogen-bond acceptors (Lipinski definition) is 5. The summed E-state index contributed by atoms with van der Waals surface area (Å²) >= 11 is 0. The van der Waals surface area contributed by atoms with Crippen LogP contribution in [-0.2, 0) is 4.79 Å². The Bertz CT molecular complexity index is 876. The van der Waals surface area contributed by atoms with Crippen molar-refractivity contribution in [2.24, 2.45) is 0 Å². The van der Waals surface area contributed by atoms with E-state index in [4.69, 9.17) is 9.47 Å². The number of carbonyl (C=O) groups excluding carboxylic acids is 1. The van der Waals surface area contributed by atoms with Gasteiger partial charge in [-0.3, -0.25) is 15.1 Å². The van der Waals surface area contributed by atoms with Crippen molar-refractivity contribution in [2.45, 2.75) is 30.8 Å². The first-order chi connectivity index (χ1) is 13.1. The highest BCUT2D eigenvalue weighted by Gasteiger charge is 2.50. The molecule has 2 saturated heterocycles. The molecule has 1 N–H and O–H groups in total. The summed E-state index contributed by atoms with van der Waals surface area (Å²) in [7, 11) is 5.14. The average molecular weight is 404 g/mol. The second-order valence-electron chi connectivity index (χ2n) is 7.33. The maximum Gasteiger partial charge on any atom is 0.242 e. The number of nitrogens with one attached hydrogen (secondary N) is 1. The fourth-order valence-corrected chi connectivity index (χ4v) is 4.22. The van der Waals surface area contributed by atoms with Gasteiger partial charge in [-0.25, -0.2) is 0 Å². The van der Waals surface area contributed by atoms with Crippen LogP contribution in [0.4, 0.5) is 0 Å². The molecule has 1 amide bonds. The van der Waals surface area contributed by atoms with Crippen LogP contribution in [0.5, 0.6) is 11.5 Å². The van der Waals surface area contributed by atoms with Gasteiger partial charge in [0, 0.05) is 19.8 Å². The topological polar surface area (TPSA) is 63.7 Å². The fourth-order valence-electron chi connectivity index (χ4n) is 4.22. The largest absolute Gasteiger partial charge is 0.493 e. The van der Waals surface area contributed by atoms with E-state index in [0.29, 0.717) is 11.5 Å². The van der Waals surface area contributed by atoms with Gasteiger partial charge >= 0.3 is 0 Å². The predicted molar refractivity (Wildman–Crippen MR) is 110 cm³/mol. The van der Waals surface area contributed by atoms with Crippen LogP contribution in [0.2, 0.25) is 0 Å². The molecule has 0 radical (unpaired) electrons. The van der Waals surface area contributed by atoms with Gasteiger partial charge in [0.2, 0.25) is 5.91 Å². The first-order valence-electron chi connectivity index (χ1n) is 9.28. The molecule has 2 aromatic rings. The van der Waals surface area contributed by atoms with Crippen molar-refractivity contribution < 1.29 is 14.3 Å². The summed E-state index contributed by atoms with van der Waals surface area (Å²) < 4.78 is 10.7. The molecular formula is C21H26ClN3O3. The minimum absolute atomic E-state index is 0. The molecule has 150 valence electrons. The summed E-state index contributed by atoms with van der Waals surface area (Å²) in [5, 5.41) is 3.58. The lowest BCUT2D eigenvalue weighted by Crippen LogP contribution is -2.47. The Morgan fingerprint density at radius 3 is 2.54 bits per heavy atom. The van der Waals surface area contributed by atoms with Crippen molar-refractivity contribution in [3.05, 3.63) is 42.2 Å². The van der Waals surface area contributed by atoms with Crippen LogP contribution >= 0.6 is 12.4 Å². The molecule has 3 heterocycles. The molecule has 2 aliphatic rings. The smallest absolute Gasteiger partial charge is 0.242 e. The molecule has 28 heavy (non-hydrogen) atoms. The molecule has 0 bridgehead atoms. The van der Waals surface area contributed by atoms with Gasteiger partial charge < -0.3 is 14.4 Å². The van der Waals surface area contributed by atoms with Gasteiger partial charge in [0.1, 0.15) is 5.54 Å². The van der Waals surface area contributed by atoms with E-state index in [1.807, 2.05) is 42.4 Å². The zero-order chi connectivity index (χ0) is 19.0. The number of rotatable bonds is 4. The molecular weight excluding hydrogens is 378 g/mol. The number of carbonyl (C=O) groups is 1. The van der Waals surface area contributed by atoms with Crippen LogP contribution in [0.3, 0.4) is 0 Å². The first kappa shape index (κ1) is 20.4. The Hall–Kier alpha value is -2.31. The van der Waals surface area contributed by atoms with Crippen molar-refractivity contribution >= 4 is 18.3 Å². The predicted octanol–water partition coefficient (Wildman–Crippen LogP) is 3.21. The average Bonchev–Trinajstić information content (AvgIpc) is 3.27. The number of methoxy groups -OCH3 is 2. The van der Waals surface area contributed by atoms with E-state index in [0.717, 1.165) is 42.6 Å². The number of nitrogens with zero attached hydrogens (tertiary/aromatic N) is 2. The van der Waals surface area contributed by atoms with E-state index in [9.17, 15) is 4.79 Å². The van der Waals surface area contributed by atoms with Crippen molar-refractivity contribution in [1.29, 1.82) is 0 Å². The Labute approximate surface area is 171 Å². The molecule has 4 rings (SSSR count). The number of amides is 1. The molecule has 7 heteroatoms. The molecule has 2 fully saturated rings. The third-order valence-electron chi connectivity index (χ3n) is 5.80. The van der Waals surface area contributed by atoms with Gasteiger partial charge in [0.25, 0.3) is 0 Å². The zero-order valence-corrected chi connectivity index (χ0v) is 17.2. The standard InChI is InChI=1S/C21H25N3O3.ClH/c1-24-11-9-21(20(24)25)8-6-16(23-21)17-12-15(7-10-22-17)14-4-5-18(26-2)19(13-14)27-3;/h4-5,7,10,12-13,16,23H,6,8-9,11H2,1-3H3;1H/t16-,21+;/m1./s1. The van der Waals surface area contributed by atoms with Gasteiger partial charge in [0.15, 0.2) is 11.5 Å². The van der Waals surface area contributed by atoms with Gasteiger partial charge in [-0.05, 0) is 54.7 Å². The van der Waals surface area contributed by atoms with Gasteiger partial charge in [-0.15, -0.1) is 12.4 Å². The van der Waals surface area contributed by atoms with Crippen LogP contribution in [0.25, 0.3) is 11.1 Å². The minimum Gasteiger partial charge on any atom is -0.493 e. The molecule has 0 aliphatic carbocycles. The van der Waals surface area contributed by atoms with Gasteiger partial charge in [-0.2, -0.15) is 0 Å². The zero-order valence-electron chi connectivity index (χ0n) is 16.4. The number of aromatic nitrogens is 1. The monoisotopic (exact) mass is 403 g/mol. The molecule has 0 unspecified atom stereocenters. The second-order valence-corrected chi connectivity index (χ2v) is 7.33. The van der Waals surface area contributed by atoms with Crippen LogP contribution in [0.15, 0.2) is 36.5 Å². The number of likely N-dealkylation sites (N-methyl/N-ethyl adjacent to an activating group) is 1. The number of pyridine rings is 1. The summed E-state index contributed by atoms with van der Waals surface area (Å²) in [6, 6.07) is 10.1. The highest BCUT2D eigenvalue weighted by molar-refractivity contribution is 5.88. The van der Waals surface area contributed by atoms with Gasteiger partial charge in [-0.1, -0.05) is 6.07 Å². The van der Waals surface area contributed by atoms with Crippen molar-refractivity contribution in [3.8, 4) is 22.6 Å². The molecule has 0 saturated carbocycles. The lowest BCUT2D eigenvalue weighted by molar-refractivity contribution is -0.131. The third kappa shape index (κ3) is 3.42. The molecule has 2 aliphatic heterocycles. The minimum atomic E-state index is -0.402. The number of ether oxygens (including phenoxy) is 2. The molecule has 1 spiro atoms. The van der Waals surface area contributed by atoms with E-state index in [-0.39, 0.29) is 24.4 Å². The van der Waals surface area contributed by atoms with E-state index < -0.39 is 5.54 Å². The number of halogens is 1. The number of hydrogen-bond donors (Lipinski definition) is 1. The van der Waals surface area contributed by atoms with E-state index in [2.05, 4.69) is 16.4 Å². The highest BCUT2D eigenvalue weighted by atomic mass is 35.5. The normalized spacial score (nSPS) is 23.8. The van der Waals surface area contributed by atoms with Crippen molar-refractivity contribution in [3.63, 3.8) is 0 Å². The Morgan fingerprint density at radius 2 is 1.86 bits per heavy atom. The van der Waals surface area contributed by atoms with Crippen LogP contribution < -0.4 is 14.8 Å². The van der Waals surface area contributed by atoms with E-state index in [1.165, 1.54) is 0 Å². The lowest BCUT2D eigenvalue weighted by Gasteiger charge is -2.23. The summed E-state index contributed by atoms with van der Waals surface area (Å²) in [5.74, 6) is 1.62. The summed E-state index contributed by atoms with van der Waals surface area (Å²) in [5.41, 5.74) is 2.68. The summed E-state index contributed by atoms with van der Waals surface area (Å²) in [6.07, 6.45) is 4.48. The van der Waals surface area contributed by atoms with Gasteiger partial charge in [0.05, 0.1) is 26.0 Å². The molecule has 1 aromatic carbocycles. The maximum absolute atomic E-state index is 12.5. The number of likely N-dealkylation sites (tertiary alicyclic amines) is 1. The van der Waals surface area contributed by atoms with Crippen molar-refractivity contribution in [1.82, 2.24) is 15.2 Å². The molecule has 2 atom stereocenters. The molecule has 1 aromatic heterocycles. The Kier molecular flexibility index (Phi) is 5.82. The van der Waals surface area contributed by atoms with E-state index >= 15 is 0 Å². The lowest BCUT2D eigenvalue weighted by atomic mass is 9.96. The van der Waals surface area contributed by atoms with Crippen LogP contribution in [0.1, 0.15) is 31.0 Å². The maximum atomic E-state index is 12.5. The molecule has 6 nitrogen and oxygen atoms in total. The SMILES string of the molecule is COc1ccc(-c2ccnc([C@H]3CC[C@@]4(CCN(C)C4=O)N3)c2)cc1OC.Cl. The number of benzene rings is 1. The summed E-state index contributed by atoms with van der Waals surface area (Å²) in [4.78, 5) is 18.9. The summed E-state index contributed by atoms with van der Waals surface area (Å²) in [6.45, 7) is 0.817. The fraction of sp³-hybridized carbons (Fsp3) is 0.429. The quantitative estimate of drug-likeness (QED) is 0.849. The Morgan fingerprint density at radius 1 is 1.11 bits per heavy atom. The van der Waals surface area contributed by atoms with Crippen LogP contribution in [0, 0.1) is 0 Å². The van der Waals surface area contributed by atoms with Crippen LogP contribution in [-0.4, -0.2) is 49.1 Å². The second kappa shape index (κ2) is 7.97. The third-order valence-corrected chi connectivity index (χ3v) is 5.80. The first-order valence-corrected chi connectivity index (χ1v) is 9.28. The highest BCUT2D eigenvalue weighted by Crippen LogP contribution is 2.39. The Balaban J connectivity index is 0.00000225.